The monoisotopic (exact) mass is 377 g/mol. The van der Waals surface area contributed by atoms with Crippen molar-refractivity contribution in [2.24, 2.45) is 0 Å². The molecule has 7 heteroatoms. The van der Waals surface area contributed by atoms with Crippen molar-refractivity contribution in [2.45, 2.75) is 39.8 Å². The molecular formula is C19H24NO5P. The van der Waals surface area contributed by atoms with Crippen LogP contribution in [0.3, 0.4) is 0 Å². The molecule has 2 aromatic carbocycles. The molecule has 0 saturated carbocycles. The van der Waals surface area contributed by atoms with Crippen molar-refractivity contribution < 1.29 is 23.1 Å². The Kier molecular flexibility index (Phi) is 6.83. The molecule has 6 nitrogen and oxygen atoms in total. The lowest BCUT2D eigenvalue weighted by Crippen LogP contribution is -2.36. The highest BCUT2D eigenvalue weighted by Gasteiger charge is 2.34. The predicted molar refractivity (Wildman–Crippen MR) is 100 cm³/mol. The Morgan fingerprint density at radius 3 is 2.00 bits per heavy atom. The van der Waals surface area contributed by atoms with Gasteiger partial charge in [0.25, 0.3) is 0 Å². The summed E-state index contributed by atoms with van der Waals surface area (Å²) in [6, 6.07) is 14.8. The van der Waals surface area contributed by atoms with Gasteiger partial charge in [-0.3, -0.25) is 4.79 Å². The molecule has 0 radical (unpaired) electrons. The Morgan fingerprint density at radius 1 is 0.923 bits per heavy atom. The van der Waals surface area contributed by atoms with E-state index in [0.29, 0.717) is 11.5 Å². The Labute approximate surface area is 154 Å². The fraction of sp³-hybridized carbons (Fsp3) is 0.316. The zero-order valence-electron chi connectivity index (χ0n) is 15.3. The molecule has 0 heterocycles. The van der Waals surface area contributed by atoms with Crippen molar-refractivity contribution in [1.29, 1.82) is 0 Å². The normalized spacial score (nSPS) is 14.3. The van der Waals surface area contributed by atoms with Gasteiger partial charge in [0, 0.05) is 0 Å². The van der Waals surface area contributed by atoms with Crippen LogP contribution in [0.2, 0.25) is 0 Å². The number of carbonyl (C=O) groups excluding carboxylic acids is 1. The van der Waals surface area contributed by atoms with Crippen LogP contribution < -0.4 is 14.1 Å². The fourth-order valence-electron chi connectivity index (χ4n) is 2.05. The van der Waals surface area contributed by atoms with Gasteiger partial charge in [-0.25, -0.2) is 4.57 Å². The summed E-state index contributed by atoms with van der Waals surface area (Å²) in [5.41, 5.74) is 1.04. The van der Waals surface area contributed by atoms with E-state index in [9.17, 15) is 9.36 Å². The average molecular weight is 377 g/mol. The molecule has 0 aliphatic carbocycles. The van der Waals surface area contributed by atoms with Gasteiger partial charge in [0.2, 0.25) is 0 Å². The third-order valence-electron chi connectivity index (χ3n) is 3.27. The molecule has 0 fully saturated rings. The van der Waals surface area contributed by atoms with Crippen molar-refractivity contribution in [1.82, 2.24) is 5.09 Å². The smallest absolute Gasteiger partial charge is 0.462 e. The van der Waals surface area contributed by atoms with E-state index in [1.165, 1.54) is 0 Å². The fourth-order valence-corrected chi connectivity index (χ4v) is 3.57. The minimum absolute atomic E-state index is 0.279. The van der Waals surface area contributed by atoms with Gasteiger partial charge in [-0.05, 0) is 52.0 Å². The number of benzene rings is 2. The van der Waals surface area contributed by atoms with Crippen LogP contribution in [0.1, 0.15) is 26.3 Å². The molecule has 0 saturated heterocycles. The molecule has 0 aliphatic rings. The second-order valence-electron chi connectivity index (χ2n) is 6.14. The maximum absolute atomic E-state index is 13.3. The summed E-state index contributed by atoms with van der Waals surface area (Å²) >= 11 is 0. The van der Waals surface area contributed by atoms with E-state index in [4.69, 9.17) is 13.8 Å². The SMILES string of the molecule is Cc1ccc(OP(=O)(N[C@@H](C)C(=O)OC(C)C)Oc2ccccc2)cc1. The first-order valence-electron chi connectivity index (χ1n) is 8.36. The molecule has 0 aromatic heterocycles. The molecule has 26 heavy (non-hydrogen) atoms. The van der Waals surface area contributed by atoms with Gasteiger partial charge in [0.05, 0.1) is 6.10 Å². The molecule has 2 rings (SSSR count). The Balaban J connectivity index is 2.21. The number of esters is 1. The van der Waals surface area contributed by atoms with Gasteiger partial charge in [0.15, 0.2) is 0 Å². The Bertz CT molecular complexity index is 761. The van der Waals surface area contributed by atoms with Crippen LogP contribution in [-0.2, 0) is 14.1 Å². The van der Waals surface area contributed by atoms with Gasteiger partial charge in [0.1, 0.15) is 17.5 Å². The second kappa shape index (κ2) is 8.88. The minimum atomic E-state index is -3.88. The topological polar surface area (TPSA) is 73.9 Å². The summed E-state index contributed by atoms with van der Waals surface area (Å²) in [6.45, 7) is 6.97. The van der Waals surface area contributed by atoms with Crippen molar-refractivity contribution in [3.05, 3.63) is 60.2 Å². The number of rotatable bonds is 8. The Hall–Kier alpha value is -2.30. The molecule has 1 unspecified atom stereocenters. The first-order valence-corrected chi connectivity index (χ1v) is 9.91. The standard InChI is InChI=1S/C19H24NO5P/c1-14(2)23-19(21)16(4)20-26(22,24-17-8-6-5-7-9-17)25-18-12-10-15(3)11-13-18/h5-14,16H,1-4H3,(H,20,22)/t16-,26?/m0/s1. The summed E-state index contributed by atoms with van der Waals surface area (Å²) in [4.78, 5) is 12.1. The van der Waals surface area contributed by atoms with Crippen LogP contribution >= 0.6 is 7.75 Å². The summed E-state index contributed by atoms with van der Waals surface area (Å²) < 4.78 is 29.6. The van der Waals surface area contributed by atoms with Crippen molar-refractivity contribution in [3.63, 3.8) is 0 Å². The van der Waals surface area contributed by atoms with Gasteiger partial charge < -0.3 is 13.8 Å². The van der Waals surface area contributed by atoms with Crippen LogP contribution in [0.4, 0.5) is 0 Å². The van der Waals surface area contributed by atoms with Gasteiger partial charge in [-0.2, -0.15) is 5.09 Å². The largest absolute Gasteiger partial charge is 0.513 e. The lowest BCUT2D eigenvalue weighted by molar-refractivity contribution is -0.149. The number of aryl methyl sites for hydroxylation is 1. The number of hydrogen-bond donors (Lipinski definition) is 1. The van der Waals surface area contributed by atoms with Crippen molar-refractivity contribution in [2.75, 3.05) is 0 Å². The molecule has 2 atom stereocenters. The van der Waals surface area contributed by atoms with Crippen LogP contribution in [0, 0.1) is 6.92 Å². The zero-order valence-corrected chi connectivity index (χ0v) is 16.2. The molecule has 0 bridgehead atoms. The molecule has 0 spiro atoms. The lowest BCUT2D eigenvalue weighted by atomic mass is 10.2. The number of hydrogen-bond acceptors (Lipinski definition) is 5. The molecule has 2 aromatic rings. The van der Waals surface area contributed by atoms with E-state index in [2.05, 4.69) is 5.09 Å². The Morgan fingerprint density at radius 2 is 1.46 bits per heavy atom. The number of ether oxygens (including phenoxy) is 1. The van der Waals surface area contributed by atoms with E-state index < -0.39 is 19.8 Å². The molecular weight excluding hydrogens is 353 g/mol. The van der Waals surface area contributed by atoms with Gasteiger partial charge in [-0.15, -0.1) is 0 Å². The number of para-hydroxylation sites is 1. The van der Waals surface area contributed by atoms with E-state index in [-0.39, 0.29) is 6.10 Å². The number of carbonyl (C=O) groups is 1. The van der Waals surface area contributed by atoms with Crippen molar-refractivity contribution >= 4 is 13.7 Å². The maximum Gasteiger partial charge on any atom is 0.513 e. The van der Waals surface area contributed by atoms with E-state index in [1.54, 1.807) is 57.2 Å². The van der Waals surface area contributed by atoms with Crippen LogP contribution in [0.15, 0.2) is 54.6 Å². The average Bonchev–Trinajstić information content (AvgIpc) is 2.57. The summed E-state index contributed by atoms with van der Waals surface area (Å²) in [5, 5.41) is 2.65. The van der Waals surface area contributed by atoms with Crippen LogP contribution in [0.25, 0.3) is 0 Å². The summed E-state index contributed by atoms with van der Waals surface area (Å²) in [6.07, 6.45) is -0.279. The van der Waals surface area contributed by atoms with E-state index in [1.807, 2.05) is 25.1 Å². The predicted octanol–water partition coefficient (Wildman–Crippen LogP) is 4.49. The molecule has 140 valence electrons. The maximum atomic E-state index is 13.3. The first-order chi connectivity index (χ1) is 12.3. The second-order valence-corrected chi connectivity index (χ2v) is 7.76. The summed E-state index contributed by atoms with van der Waals surface area (Å²) in [7, 11) is -3.88. The lowest BCUT2D eigenvalue weighted by Gasteiger charge is -2.23. The van der Waals surface area contributed by atoms with Gasteiger partial charge >= 0.3 is 13.7 Å². The molecule has 0 aliphatic heterocycles. The third kappa shape index (κ3) is 6.21. The van der Waals surface area contributed by atoms with E-state index in [0.717, 1.165) is 5.56 Å². The van der Waals surface area contributed by atoms with Crippen LogP contribution in [-0.4, -0.2) is 18.1 Å². The molecule has 0 amide bonds. The number of nitrogens with one attached hydrogen (secondary N) is 1. The quantitative estimate of drug-likeness (QED) is 0.540. The van der Waals surface area contributed by atoms with Crippen LogP contribution in [0.5, 0.6) is 11.5 Å². The third-order valence-corrected chi connectivity index (χ3v) is 4.88. The highest BCUT2D eigenvalue weighted by atomic mass is 31.2. The van der Waals surface area contributed by atoms with Gasteiger partial charge in [-0.1, -0.05) is 35.9 Å². The highest BCUT2D eigenvalue weighted by molar-refractivity contribution is 7.52. The van der Waals surface area contributed by atoms with Crippen molar-refractivity contribution in [3.8, 4) is 11.5 Å². The van der Waals surface area contributed by atoms with E-state index >= 15 is 0 Å². The first kappa shape index (κ1) is 20.0. The minimum Gasteiger partial charge on any atom is -0.462 e. The highest BCUT2D eigenvalue weighted by Crippen LogP contribution is 2.45. The summed E-state index contributed by atoms with van der Waals surface area (Å²) in [5.74, 6) is 0.191. The zero-order chi connectivity index (χ0) is 19.2. The molecule has 1 N–H and O–H groups in total.